The molecule has 0 aliphatic heterocycles. The van der Waals surface area contributed by atoms with Crippen molar-refractivity contribution >= 4 is 33.7 Å². The highest BCUT2D eigenvalue weighted by Gasteiger charge is 2.17. The molecule has 0 aliphatic rings. The maximum Gasteiger partial charge on any atom is 0.312 e. The third-order valence-electron chi connectivity index (χ3n) is 2.94. The van der Waals surface area contributed by atoms with Gasteiger partial charge in [-0.15, -0.1) is 0 Å². The predicted octanol–water partition coefficient (Wildman–Crippen LogP) is 2.89. The van der Waals surface area contributed by atoms with E-state index in [9.17, 15) is 24.4 Å². The number of aromatic hydroxyl groups is 1. The van der Waals surface area contributed by atoms with Gasteiger partial charge in [0.05, 0.1) is 22.0 Å². The number of phenolic OH excluding ortho intramolecular Hbond substituents is 1. The Balaban J connectivity index is 2.02. The smallest absolute Gasteiger partial charge is 0.312 e. The number of nitro groups is 1. The summed E-state index contributed by atoms with van der Waals surface area (Å²) in [5.74, 6) is -1.31. The summed E-state index contributed by atoms with van der Waals surface area (Å²) in [5.41, 5.74) is 2.71. The average Bonchev–Trinajstić information content (AvgIpc) is 2.52. The van der Waals surface area contributed by atoms with Gasteiger partial charge in [-0.3, -0.25) is 14.9 Å². The number of carbonyl (C=O) groups is 1. The molecule has 124 valence electrons. The maximum atomic E-state index is 12.8. The van der Waals surface area contributed by atoms with E-state index < -0.39 is 28.1 Å². The monoisotopic (exact) mass is 395 g/mol. The van der Waals surface area contributed by atoms with E-state index in [4.69, 9.17) is 0 Å². The highest BCUT2D eigenvalue weighted by atomic mass is 79.9. The van der Waals surface area contributed by atoms with Gasteiger partial charge in [-0.05, 0) is 39.7 Å². The minimum atomic E-state index is -0.732. The third kappa shape index (κ3) is 4.59. The lowest BCUT2D eigenvalue weighted by Gasteiger charge is -2.02. The Bertz CT molecular complexity index is 809. The molecule has 9 heteroatoms. The zero-order chi connectivity index (χ0) is 17.7. The molecule has 0 saturated heterocycles. The van der Waals surface area contributed by atoms with E-state index in [0.717, 1.165) is 6.07 Å². The molecule has 0 saturated carbocycles. The summed E-state index contributed by atoms with van der Waals surface area (Å²) in [5, 5.41) is 24.1. The second-order valence-corrected chi connectivity index (χ2v) is 5.58. The number of halogens is 2. The lowest BCUT2D eigenvalue weighted by Crippen LogP contribution is -2.19. The molecule has 0 aliphatic carbocycles. The topological polar surface area (TPSA) is 105 Å². The molecule has 0 bridgehead atoms. The fraction of sp³-hybridized carbons (Fsp3) is 0.0667. The Morgan fingerprint density at radius 2 is 2.04 bits per heavy atom. The van der Waals surface area contributed by atoms with Crippen LogP contribution < -0.4 is 5.43 Å². The summed E-state index contributed by atoms with van der Waals surface area (Å²) >= 11 is 3.00. The van der Waals surface area contributed by atoms with Crippen LogP contribution in [0, 0.1) is 15.9 Å². The van der Waals surface area contributed by atoms with Gasteiger partial charge in [-0.2, -0.15) is 5.10 Å². The van der Waals surface area contributed by atoms with Crippen molar-refractivity contribution < 1.29 is 19.2 Å². The third-order valence-corrected chi connectivity index (χ3v) is 3.55. The fourth-order valence-corrected chi connectivity index (χ4v) is 2.29. The van der Waals surface area contributed by atoms with Gasteiger partial charge in [0.15, 0.2) is 0 Å². The molecule has 2 aromatic carbocycles. The molecule has 24 heavy (non-hydrogen) atoms. The summed E-state index contributed by atoms with van der Waals surface area (Å²) in [7, 11) is 0. The number of nitrogens with zero attached hydrogens (tertiary/aromatic N) is 2. The molecule has 0 atom stereocenters. The number of hydrazone groups is 1. The van der Waals surface area contributed by atoms with Crippen LogP contribution >= 0.6 is 15.9 Å². The van der Waals surface area contributed by atoms with E-state index in [1.807, 2.05) is 0 Å². The lowest BCUT2D eigenvalue weighted by atomic mass is 10.1. The van der Waals surface area contributed by atoms with Gasteiger partial charge in [0.1, 0.15) is 5.82 Å². The van der Waals surface area contributed by atoms with Crippen molar-refractivity contribution in [2.75, 3.05) is 0 Å². The van der Waals surface area contributed by atoms with Crippen molar-refractivity contribution in [3.05, 3.63) is 67.9 Å². The SMILES string of the molecule is O=C(Cc1ccc(F)cc1)N/N=C/c1cc(Br)c(O)c([N+](=O)[O-])c1. The van der Waals surface area contributed by atoms with E-state index in [-0.39, 0.29) is 10.9 Å². The number of nitrogens with one attached hydrogen (secondary N) is 1. The molecule has 2 N–H and O–H groups in total. The molecule has 0 unspecified atom stereocenters. The van der Waals surface area contributed by atoms with E-state index >= 15 is 0 Å². The number of hydrogen-bond donors (Lipinski definition) is 2. The lowest BCUT2D eigenvalue weighted by molar-refractivity contribution is -0.386. The molecule has 2 aromatic rings. The van der Waals surface area contributed by atoms with E-state index in [1.165, 1.54) is 36.5 Å². The highest BCUT2D eigenvalue weighted by molar-refractivity contribution is 9.10. The number of benzene rings is 2. The first-order valence-electron chi connectivity index (χ1n) is 6.60. The molecular formula is C15H11BrFN3O4. The summed E-state index contributed by atoms with van der Waals surface area (Å²) in [6, 6.07) is 8.00. The molecule has 0 radical (unpaired) electrons. The van der Waals surface area contributed by atoms with Crippen molar-refractivity contribution in [3.63, 3.8) is 0 Å². The zero-order valence-electron chi connectivity index (χ0n) is 12.1. The molecule has 1 amide bonds. The Morgan fingerprint density at radius 1 is 1.38 bits per heavy atom. The van der Waals surface area contributed by atoms with Crippen LogP contribution in [-0.4, -0.2) is 22.2 Å². The summed E-state index contributed by atoms with van der Waals surface area (Å²) in [6.07, 6.45) is 1.22. The molecular weight excluding hydrogens is 385 g/mol. The summed E-state index contributed by atoms with van der Waals surface area (Å²) in [6.45, 7) is 0. The van der Waals surface area contributed by atoms with Crippen LogP contribution in [0.5, 0.6) is 5.75 Å². The van der Waals surface area contributed by atoms with Gasteiger partial charge in [0.25, 0.3) is 0 Å². The van der Waals surface area contributed by atoms with Gasteiger partial charge in [-0.25, -0.2) is 9.82 Å². The molecule has 0 spiro atoms. The Kier molecular flexibility index (Phi) is 5.59. The van der Waals surface area contributed by atoms with Crippen LogP contribution in [-0.2, 0) is 11.2 Å². The fourth-order valence-electron chi connectivity index (χ4n) is 1.82. The largest absolute Gasteiger partial charge is 0.501 e. The molecule has 7 nitrogen and oxygen atoms in total. The van der Waals surface area contributed by atoms with Crippen molar-refractivity contribution in [2.24, 2.45) is 5.10 Å². The predicted molar refractivity (Wildman–Crippen MR) is 88.3 cm³/mol. The Labute approximate surface area is 144 Å². The van der Waals surface area contributed by atoms with Crippen LogP contribution in [0.25, 0.3) is 0 Å². The number of carbonyl (C=O) groups excluding carboxylic acids is 1. The molecule has 0 heterocycles. The first-order valence-corrected chi connectivity index (χ1v) is 7.39. The van der Waals surface area contributed by atoms with Gasteiger partial charge in [0, 0.05) is 11.6 Å². The Morgan fingerprint density at radius 3 is 2.67 bits per heavy atom. The highest BCUT2D eigenvalue weighted by Crippen LogP contribution is 2.34. The molecule has 0 aromatic heterocycles. The van der Waals surface area contributed by atoms with E-state index in [2.05, 4.69) is 26.5 Å². The summed E-state index contributed by atoms with van der Waals surface area (Å²) < 4.78 is 12.9. The van der Waals surface area contributed by atoms with E-state index in [1.54, 1.807) is 0 Å². The van der Waals surface area contributed by atoms with Gasteiger partial charge in [0.2, 0.25) is 11.7 Å². The number of amides is 1. The minimum absolute atomic E-state index is 0.0110. The van der Waals surface area contributed by atoms with Gasteiger partial charge < -0.3 is 5.11 Å². The standard InChI is InChI=1S/C15H11BrFN3O4/c16-12-5-10(6-13(15(12)22)20(23)24)8-18-19-14(21)7-9-1-3-11(17)4-2-9/h1-6,8,22H,7H2,(H,19,21)/b18-8+. The average molecular weight is 396 g/mol. The maximum absolute atomic E-state index is 12.8. The van der Waals surface area contributed by atoms with Gasteiger partial charge in [-0.1, -0.05) is 12.1 Å². The van der Waals surface area contributed by atoms with Crippen LogP contribution in [0.3, 0.4) is 0 Å². The quantitative estimate of drug-likeness (QED) is 0.461. The summed E-state index contributed by atoms with van der Waals surface area (Å²) in [4.78, 5) is 21.8. The number of nitro benzene ring substituents is 1. The van der Waals surface area contributed by atoms with Crippen LogP contribution in [0.1, 0.15) is 11.1 Å². The van der Waals surface area contributed by atoms with Crippen molar-refractivity contribution in [3.8, 4) is 5.75 Å². The van der Waals surface area contributed by atoms with Crippen LogP contribution in [0.15, 0.2) is 46.0 Å². The molecule has 2 rings (SSSR count). The van der Waals surface area contributed by atoms with Crippen molar-refractivity contribution in [1.82, 2.24) is 5.43 Å². The minimum Gasteiger partial charge on any atom is -0.501 e. The van der Waals surface area contributed by atoms with Crippen LogP contribution in [0.4, 0.5) is 10.1 Å². The second-order valence-electron chi connectivity index (χ2n) is 4.72. The van der Waals surface area contributed by atoms with Crippen molar-refractivity contribution in [2.45, 2.75) is 6.42 Å². The number of phenols is 1. The molecule has 0 fully saturated rings. The zero-order valence-corrected chi connectivity index (χ0v) is 13.7. The number of rotatable bonds is 5. The van der Waals surface area contributed by atoms with Gasteiger partial charge >= 0.3 is 5.69 Å². The van der Waals surface area contributed by atoms with E-state index in [0.29, 0.717) is 11.1 Å². The number of hydrogen-bond acceptors (Lipinski definition) is 5. The van der Waals surface area contributed by atoms with Crippen LogP contribution in [0.2, 0.25) is 0 Å². The second kappa shape index (κ2) is 7.64. The first kappa shape index (κ1) is 17.5. The first-order chi connectivity index (χ1) is 11.4. The van der Waals surface area contributed by atoms with Crippen molar-refractivity contribution in [1.29, 1.82) is 0 Å². The normalized spacial score (nSPS) is 10.8. The Hall–Kier alpha value is -2.81.